The maximum atomic E-state index is 12.6. The monoisotopic (exact) mass is 250 g/mol. The summed E-state index contributed by atoms with van der Waals surface area (Å²) >= 11 is 0. The molecule has 0 aromatic carbocycles. The minimum Gasteiger partial charge on any atom is -0.334 e. The van der Waals surface area contributed by atoms with Crippen LogP contribution in [-0.2, 0) is 4.79 Å². The third-order valence-corrected chi connectivity index (χ3v) is 3.83. The predicted octanol–water partition coefficient (Wildman–Crippen LogP) is 1.17. The summed E-state index contributed by atoms with van der Waals surface area (Å²) in [5.74, 6) is 0.126. The maximum Gasteiger partial charge on any atom is 0.247 e. The number of hydrogen-bond acceptors (Lipinski definition) is 3. The number of aromatic nitrogens is 2. The lowest BCUT2D eigenvalue weighted by Gasteiger charge is -2.41. The first-order chi connectivity index (χ1) is 8.65. The lowest BCUT2D eigenvalue weighted by Crippen LogP contribution is -2.53. The van der Waals surface area contributed by atoms with Crippen LogP contribution in [0.5, 0.6) is 0 Å². The summed E-state index contributed by atoms with van der Waals surface area (Å²) in [7, 11) is 0. The molecule has 2 heterocycles. The van der Waals surface area contributed by atoms with Gasteiger partial charge in [-0.3, -0.25) is 9.48 Å². The van der Waals surface area contributed by atoms with E-state index in [1.54, 1.807) is 10.9 Å². The number of rotatable bonds is 3. The minimum atomic E-state index is -0.255. The Bertz CT molecular complexity index is 390. The third-order valence-electron chi connectivity index (χ3n) is 3.83. The van der Waals surface area contributed by atoms with Gasteiger partial charge in [0, 0.05) is 31.0 Å². The largest absolute Gasteiger partial charge is 0.334 e. The van der Waals surface area contributed by atoms with E-state index in [0.29, 0.717) is 6.54 Å². The molecule has 5 heteroatoms. The van der Waals surface area contributed by atoms with Crippen molar-refractivity contribution in [2.45, 2.75) is 51.2 Å². The van der Waals surface area contributed by atoms with E-state index in [2.05, 4.69) is 12.0 Å². The van der Waals surface area contributed by atoms with Gasteiger partial charge < -0.3 is 10.6 Å². The average Bonchev–Trinajstić information content (AvgIpc) is 2.90. The van der Waals surface area contributed by atoms with Gasteiger partial charge in [0.25, 0.3) is 0 Å². The molecule has 18 heavy (non-hydrogen) atoms. The maximum absolute atomic E-state index is 12.6. The standard InChI is InChI=1S/C13H22N4O/c1-10-5-3-6-12(9-14)17(10)13(18)11(2)16-8-4-7-15-16/h4,7-8,10-12H,3,5-6,9,14H2,1-2H3. The Labute approximate surface area is 108 Å². The van der Waals surface area contributed by atoms with E-state index in [-0.39, 0.29) is 24.0 Å². The molecule has 0 bridgehead atoms. The van der Waals surface area contributed by atoms with Gasteiger partial charge in [0.05, 0.1) is 0 Å². The summed E-state index contributed by atoms with van der Waals surface area (Å²) in [4.78, 5) is 14.6. The van der Waals surface area contributed by atoms with Gasteiger partial charge in [0.2, 0.25) is 5.91 Å². The Morgan fingerprint density at radius 1 is 1.56 bits per heavy atom. The lowest BCUT2D eigenvalue weighted by atomic mass is 9.95. The van der Waals surface area contributed by atoms with E-state index in [1.165, 1.54) is 0 Å². The van der Waals surface area contributed by atoms with Crippen molar-refractivity contribution in [2.75, 3.05) is 6.54 Å². The smallest absolute Gasteiger partial charge is 0.247 e. The molecule has 2 N–H and O–H groups in total. The molecule has 5 nitrogen and oxygen atoms in total. The van der Waals surface area contributed by atoms with Gasteiger partial charge in [0.1, 0.15) is 6.04 Å². The van der Waals surface area contributed by atoms with Crippen LogP contribution in [0.4, 0.5) is 0 Å². The van der Waals surface area contributed by atoms with Crippen molar-refractivity contribution < 1.29 is 4.79 Å². The molecule has 2 rings (SSSR count). The number of carbonyl (C=O) groups excluding carboxylic acids is 1. The van der Waals surface area contributed by atoms with Gasteiger partial charge >= 0.3 is 0 Å². The molecule has 1 aromatic heterocycles. The second-order valence-electron chi connectivity index (χ2n) is 5.08. The molecule has 3 atom stereocenters. The average molecular weight is 250 g/mol. The van der Waals surface area contributed by atoms with E-state index in [4.69, 9.17) is 5.73 Å². The molecule has 3 unspecified atom stereocenters. The highest BCUT2D eigenvalue weighted by Gasteiger charge is 2.33. The summed E-state index contributed by atoms with van der Waals surface area (Å²) in [5.41, 5.74) is 5.80. The summed E-state index contributed by atoms with van der Waals surface area (Å²) in [6.45, 7) is 4.54. The fourth-order valence-electron chi connectivity index (χ4n) is 2.75. The molecule has 1 aromatic rings. The molecular weight excluding hydrogens is 228 g/mol. The molecule has 0 aliphatic carbocycles. The molecule has 0 radical (unpaired) electrons. The van der Waals surface area contributed by atoms with Gasteiger partial charge in [-0.05, 0) is 39.2 Å². The van der Waals surface area contributed by atoms with Gasteiger partial charge in [-0.15, -0.1) is 0 Å². The third kappa shape index (κ3) is 2.41. The Kier molecular flexibility index (Phi) is 4.01. The van der Waals surface area contributed by atoms with Crippen molar-refractivity contribution in [3.8, 4) is 0 Å². The summed E-state index contributed by atoms with van der Waals surface area (Å²) in [6, 6.07) is 2.04. The van der Waals surface area contributed by atoms with Crippen LogP contribution in [0.15, 0.2) is 18.5 Å². The first kappa shape index (κ1) is 13.1. The highest BCUT2D eigenvalue weighted by molar-refractivity contribution is 5.80. The van der Waals surface area contributed by atoms with Crippen molar-refractivity contribution in [2.24, 2.45) is 5.73 Å². The fourth-order valence-corrected chi connectivity index (χ4v) is 2.75. The molecular formula is C13H22N4O. The van der Waals surface area contributed by atoms with Crippen molar-refractivity contribution in [3.63, 3.8) is 0 Å². The number of nitrogens with zero attached hydrogens (tertiary/aromatic N) is 3. The number of amides is 1. The molecule has 0 saturated carbocycles. The van der Waals surface area contributed by atoms with Crippen LogP contribution in [0.3, 0.4) is 0 Å². The van der Waals surface area contributed by atoms with Crippen LogP contribution < -0.4 is 5.73 Å². The fraction of sp³-hybridized carbons (Fsp3) is 0.692. The van der Waals surface area contributed by atoms with Gasteiger partial charge in [0.15, 0.2) is 0 Å². The molecule has 100 valence electrons. The molecule has 1 fully saturated rings. The number of carbonyl (C=O) groups is 1. The van der Waals surface area contributed by atoms with E-state index < -0.39 is 0 Å². The summed E-state index contributed by atoms with van der Waals surface area (Å²) in [5, 5.41) is 4.15. The van der Waals surface area contributed by atoms with Crippen molar-refractivity contribution in [1.29, 1.82) is 0 Å². The van der Waals surface area contributed by atoms with Crippen LogP contribution >= 0.6 is 0 Å². The van der Waals surface area contributed by atoms with E-state index in [9.17, 15) is 4.79 Å². The van der Waals surface area contributed by atoms with Crippen LogP contribution in [-0.4, -0.2) is 39.2 Å². The van der Waals surface area contributed by atoms with E-state index >= 15 is 0 Å². The predicted molar refractivity (Wildman–Crippen MR) is 69.9 cm³/mol. The number of likely N-dealkylation sites (tertiary alicyclic amines) is 1. The van der Waals surface area contributed by atoms with Crippen molar-refractivity contribution in [1.82, 2.24) is 14.7 Å². The Morgan fingerprint density at radius 2 is 2.33 bits per heavy atom. The first-order valence-corrected chi connectivity index (χ1v) is 6.66. The van der Waals surface area contributed by atoms with Crippen molar-refractivity contribution in [3.05, 3.63) is 18.5 Å². The second kappa shape index (κ2) is 5.52. The second-order valence-corrected chi connectivity index (χ2v) is 5.08. The highest BCUT2D eigenvalue weighted by atomic mass is 16.2. The highest BCUT2D eigenvalue weighted by Crippen LogP contribution is 2.25. The lowest BCUT2D eigenvalue weighted by molar-refractivity contribution is -0.141. The van der Waals surface area contributed by atoms with Crippen molar-refractivity contribution >= 4 is 5.91 Å². The van der Waals surface area contributed by atoms with Gasteiger partial charge in [-0.1, -0.05) is 0 Å². The van der Waals surface area contributed by atoms with E-state index in [0.717, 1.165) is 19.3 Å². The summed E-state index contributed by atoms with van der Waals surface area (Å²) < 4.78 is 1.71. The summed E-state index contributed by atoms with van der Waals surface area (Å²) in [6.07, 6.45) is 6.76. The first-order valence-electron chi connectivity index (χ1n) is 6.66. The number of nitrogens with two attached hydrogens (primary N) is 1. The van der Waals surface area contributed by atoms with Crippen LogP contribution in [0.2, 0.25) is 0 Å². The zero-order valence-corrected chi connectivity index (χ0v) is 11.1. The molecule has 1 amide bonds. The van der Waals surface area contributed by atoms with E-state index in [1.807, 2.05) is 24.1 Å². The Balaban J connectivity index is 2.15. The zero-order chi connectivity index (χ0) is 13.1. The Morgan fingerprint density at radius 3 is 2.94 bits per heavy atom. The topological polar surface area (TPSA) is 64.2 Å². The minimum absolute atomic E-state index is 0.126. The van der Waals surface area contributed by atoms with Crippen LogP contribution in [0.1, 0.15) is 39.2 Å². The zero-order valence-electron chi connectivity index (χ0n) is 11.1. The number of hydrogen-bond donors (Lipinski definition) is 1. The van der Waals surface area contributed by atoms with Gasteiger partial charge in [-0.2, -0.15) is 5.10 Å². The normalized spacial score (nSPS) is 26.1. The molecule has 1 saturated heterocycles. The Hall–Kier alpha value is -1.36. The van der Waals surface area contributed by atoms with Crippen LogP contribution in [0.25, 0.3) is 0 Å². The molecule has 1 aliphatic rings. The molecule has 1 aliphatic heterocycles. The van der Waals surface area contributed by atoms with Crippen LogP contribution in [0, 0.1) is 0 Å². The molecule has 0 spiro atoms. The van der Waals surface area contributed by atoms with Gasteiger partial charge in [-0.25, -0.2) is 0 Å². The quantitative estimate of drug-likeness (QED) is 0.876. The SMILES string of the molecule is CC1CCCC(CN)N1C(=O)C(C)n1cccn1. The number of piperidine rings is 1.